The molecule has 0 aromatic heterocycles. The van der Waals surface area contributed by atoms with E-state index >= 15 is 0 Å². The number of unbranched alkanes of at least 4 members (excludes halogenated alkanes) is 3. The SMILES string of the molecule is CCOC(=O)[C@@H]1[C@H]2C(=O)N(CCCCCCO)C(C(=O)NC3CCCCC3)C23CC[C@@]1(C)S3. The van der Waals surface area contributed by atoms with Crippen LogP contribution in [-0.4, -0.2) is 69.1 Å². The number of aliphatic hydroxyl groups is 1. The second-order valence-corrected chi connectivity index (χ2v) is 12.4. The lowest BCUT2D eigenvalue weighted by Gasteiger charge is -2.35. The summed E-state index contributed by atoms with van der Waals surface area (Å²) in [4.78, 5) is 42.4. The van der Waals surface area contributed by atoms with E-state index < -0.39 is 22.6 Å². The molecular weight excluding hydrogens is 440 g/mol. The Morgan fingerprint density at radius 3 is 2.58 bits per heavy atom. The zero-order valence-corrected chi connectivity index (χ0v) is 21.0. The lowest BCUT2D eigenvalue weighted by Crippen LogP contribution is -2.55. The number of ether oxygens (including phenoxy) is 1. The number of thioether (sulfide) groups is 1. The molecule has 4 fully saturated rings. The van der Waals surface area contributed by atoms with Gasteiger partial charge in [0.25, 0.3) is 0 Å². The molecular formula is C25H40N2O5S. The molecule has 7 nitrogen and oxygen atoms in total. The minimum absolute atomic E-state index is 0.0330. The lowest BCUT2D eigenvalue weighted by molar-refractivity contribution is -0.155. The molecule has 0 aromatic carbocycles. The molecule has 186 valence electrons. The fourth-order valence-electron chi connectivity index (χ4n) is 6.83. The summed E-state index contributed by atoms with van der Waals surface area (Å²) < 4.78 is 4.52. The normalized spacial score (nSPS) is 35.7. The van der Waals surface area contributed by atoms with Crippen molar-refractivity contribution >= 4 is 29.5 Å². The quantitative estimate of drug-likeness (QED) is 0.369. The number of amides is 2. The third-order valence-electron chi connectivity index (χ3n) is 8.32. The zero-order chi connectivity index (χ0) is 23.6. The average Bonchev–Trinajstić information content (AvgIpc) is 3.35. The molecule has 3 heterocycles. The highest BCUT2D eigenvalue weighted by Gasteiger charge is 2.77. The van der Waals surface area contributed by atoms with Crippen molar-refractivity contribution in [3.05, 3.63) is 0 Å². The molecule has 4 aliphatic rings. The predicted octanol–water partition coefficient (Wildman–Crippen LogP) is 3.03. The molecule has 3 aliphatic heterocycles. The highest BCUT2D eigenvalue weighted by molar-refractivity contribution is 8.02. The maximum atomic E-state index is 13.8. The van der Waals surface area contributed by atoms with Crippen LogP contribution in [-0.2, 0) is 19.1 Å². The third-order valence-corrected chi connectivity index (χ3v) is 10.3. The molecule has 0 aromatic rings. The smallest absolute Gasteiger partial charge is 0.311 e. The van der Waals surface area contributed by atoms with E-state index in [9.17, 15) is 14.4 Å². The lowest BCUT2D eigenvalue weighted by atomic mass is 9.66. The molecule has 2 amide bonds. The van der Waals surface area contributed by atoms with Gasteiger partial charge in [-0.3, -0.25) is 14.4 Å². The van der Waals surface area contributed by atoms with Crippen molar-refractivity contribution in [1.29, 1.82) is 0 Å². The number of nitrogens with one attached hydrogen (secondary N) is 1. The number of rotatable bonds is 10. The summed E-state index contributed by atoms with van der Waals surface area (Å²) in [5.41, 5.74) is 0. The highest BCUT2D eigenvalue weighted by atomic mass is 32.2. The van der Waals surface area contributed by atoms with Crippen LogP contribution in [0.2, 0.25) is 0 Å². The third kappa shape index (κ3) is 4.42. The van der Waals surface area contributed by atoms with E-state index in [1.807, 2.05) is 0 Å². The van der Waals surface area contributed by atoms with Gasteiger partial charge < -0.3 is 20.1 Å². The van der Waals surface area contributed by atoms with E-state index in [2.05, 4.69) is 12.2 Å². The Morgan fingerprint density at radius 2 is 1.88 bits per heavy atom. The topological polar surface area (TPSA) is 95.9 Å². The summed E-state index contributed by atoms with van der Waals surface area (Å²) in [5, 5.41) is 12.4. The van der Waals surface area contributed by atoms with Gasteiger partial charge in [0.05, 0.1) is 23.2 Å². The van der Waals surface area contributed by atoms with Crippen LogP contribution in [0.3, 0.4) is 0 Å². The molecule has 4 rings (SSSR count). The van der Waals surface area contributed by atoms with Crippen molar-refractivity contribution in [2.24, 2.45) is 11.8 Å². The minimum Gasteiger partial charge on any atom is -0.466 e. The van der Waals surface area contributed by atoms with Gasteiger partial charge in [0.15, 0.2) is 0 Å². The van der Waals surface area contributed by atoms with Crippen LogP contribution in [0.25, 0.3) is 0 Å². The molecule has 1 aliphatic carbocycles. The predicted molar refractivity (Wildman–Crippen MR) is 128 cm³/mol. The number of fused-ring (bicyclic) bond motifs is 1. The van der Waals surface area contributed by atoms with E-state index in [1.54, 1.807) is 23.6 Å². The standard InChI is InChI=1S/C25H40N2O5S/c1-3-32-23(31)19-18-22(30)27(15-9-4-5-10-16-28)20(25(18)14-13-24(19,2)33-25)21(29)26-17-11-7-6-8-12-17/h17-20,28H,3-16H2,1-2H3,(H,26,29)/t18-,19-,20?,24+,25?/m0/s1. The van der Waals surface area contributed by atoms with Crippen LogP contribution in [0.5, 0.6) is 0 Å². The van der Waals surface area contributed by atoms with E-state index in [-0.39, 0.29) is 35.2 Å². The van der Waals surface area contributed by atoms with Crippen molar-refractivity contribution in [3.8, 4) is 0 Å². The minimum atomic E-state index is -0.549. The van der Waals surface area contributed by atoms with Gasteiger partial charge in [-0.15, -0.1) is 11.8 Å². The molecule has 1 spiro atoms. The van der Waals surface area contributed by atoms with Crippen LogP contribution in [0, 0.1) is 11.8 Å². The number of hydrogen-bond donors (Lipinski definition) is 2. The molecule has 0 radical (unpaired) electrons. The maximum Gasteiger partial charge on any atom is 0.311 e. The first-order chi connectivity index (χ1) is 15.9. The number of esters is 1. The first-order valence-corrected chi connectivity index (χ1v) is 13.8. The van der Waals surface area contributed by atoms with E-state index in [1.165, 1.54) is 6.42 Å². The molecule has 5 atom stereocenters. The Kier molecular flexibility index (Phi) is 7.63. The Morgan fingerprint density at radius 1 is 1.15 bits per heavy atom. The van der Waals surface area contributed by atoms with Gasteiger partial charge in [0.2, 0.25) is 11.8 Å². The Labute approximate surface area is 201 Å². The van der Waals surface area contributed by atoms with E-state index in [0.717, 1.165) is 64.2 Å². The summed E-state index contributed by atoms with van der Waals surface area (Å²) in [6.07, 6.45) is 10.5. The van der Waals surface area contributed by atoms with Gasteiger partial charge in [-0.2, -0.15) is 0 Å². The van der Waals surface area contributed by atoms with Crippen molar-refractivity contribution in [2.75, 3.05) is 19.8 Å². The Balaban J connectivity index is 1.59. The van der Waals surface area contributed by atoms with E-state index in [0.29, 0.717) is 13.2 Å². The summed E-state index contributed by atoms with van der Waals surface area (Å²) >= 11 is 1.71. The van der Waals surface area contributed by atoms with Gasteiger partial charge >= 0.3 is 5.97 Å². The van der Waals surface area contributed by atoms with Crippen LogP contribution in [0.15, 0.2) is 0 Å². The van der Waals surface area contributed by atoms with Crippen molar-refractivity contribution in [2.45, 2.75) is 106 Å². The Bertz CT molecular complexity index is 757. The van der Waals surface area contributed by atoms with E-state index in [4.69, 9.17) is 9.84 Å². The average molecular weight is 481 g/mol. The molecule has 1 saturated carbocycles. The summed E-state index contributed by atoms with van der Waals surface area (Å²) in [6, 6.07) is -0.343. The molecule has 2 unspecified atom stereocenters. The molecule has 33 heavy (non-hydrogen) atoms. The molecule has 2 bridgehead atoms. The van der Waals surface area contributed by atoms with Gasteiger partial charge in [0, 0.05) is 23.9 Å². The second kappa shape index (κ2) is 10.1. The van der Waals surface area contributed by atoms with Crippen molar-refractivity contribution in [3.63, 3.8) is 0 Å². The summed E-state index contributed by atoms with van der Waals surface area (Å²) in [5.74, 6) is -1.35. The summed E-state index contributed by atoms with van der Waals surface area (Å²) in [6.45, 7) is 4.87. The molecule has 3 saturated heterocycles. The van der Waals surface area contributed by atoms with Crippen LogP contribution < -0.4 is 5.32 Å². The van der Waals surface area contributed by atoms with Crippen LogP contribution in [0.4, 0.5) is 0 Å². The first-order valence-electron chi connectivity index (χ1n) is 13.0. The Hall–Kier alpha value is -1.28. The largest absolute Gasteiger partial charge is 0.466 e. The van der Waals surface area contributed by atoms with Gasteiger partial charge in [-0.05, 0) is 52.4 Å². The fourth-order valence-corrected chi connectivity index (χ4v) is 9.18. The number of hydrogen-bond acceptors (Lipinski definition) is 6. The number of likely N-dealkylation sites (tertiary alicyclic amines) is 1. The fraction of sp³-hybridized carbons (Fsp3) is 0.880. The van der Waals surface area contributed by atoms with Gasteiger partial charge in [-0.25, -0.2) is 0 Å². The monoisotopic (exact) mass is 480 g/mol. The zero-order valence-electron chi connectivity index (χ0n) is 20.1. The number of nitrogens with zero attached hydrogens (tertiary/aromatic N) is 1. The summed E-state index contributed by atoms with van der Waals surface area (Å²) in [7, 11) is 0. The van der Waals surface area contributed by atoms with Crippen LogP contribution >= 0.6 is 11.8 Å². The van der Waals surface area contributed by atoms with Gasteiger partial charge in [-0.1, -0.05) is 32.1 Å². The molecule has 8 heteroatoms. The second-order valence-electron chi connectivity index (χ2n) is 10.5. The number of carbonyl (C=O) groups excluding carboxylic acids is 3. The van der Waals surface area contributed by atoms with Crippen LogP contribution in [0.1, 0.15) is 84.5 Å². The number of aliphatic hydroxyl groups excluding tert-OH is 1. The number of carbonyl (C=O) groups is 3. The highest BCUT2D eigenvalue weighted by Crippen LogP contribution is 2.71. The van der Waals surface area contributed by atoms with Crippen molar-refractivity contribution < 1.29 is 24.2 Å². The first kappa shape index (κ1) is 24.8. The molecule has 2 N–H and O–H groups in total. The van der Waals surface area contributed by atoms with Crippen molar-refractivity contribution in [1.82, 2.24) is 10.2 Å². The van der Waals surface area contributed by atoms with Gasteiger partial charge in [0.1, 0.15) is 6.04 Å². The maximum absolute atomic E-state index is 13.8.